The fraction of sp³-hybridized carbons (Fsp3) is 0.133. The molecule has 0 aromatic heterocycles. The highest BCUT2D eigenvalue weighted by Crippen LogP contribution is 2.27. The Balaban J connectivity index is 2.30. The molecule has 2 rings (SSSR count). The maximum absolute atomic E-state index is 5.53. The smallest absolute Gasteiger partial charge is 0.0302 e. The van der Waals surface area contributed by atoms with Gasteiger partial charge in [-0.3, -0.25) is 0 Å². The topological polar surface area (TPSA) is 0 Å². The van der Waals surface area contributed by atoms with Gasteiger partial charge in [0.2, 0.25) is 0 Å². The second-order valence-electron chi connectivity index (χ2n) is 3.83. The molecule has 1 aliphatic rings. The van der Waals surface area contributed by atoms with E-state index in [2.05, 4.69) is 36.9 Å². The van der Waals surface area contributed by atoms with Crippen molar-refractivity contribution in [3.8, 4) is 0 Å². The molecule has 1 aromatic rings. The van der Waals surface area contributed by atoms with Gasteiger partial charge in [0.15, 0.2) is 0 Å². The van der Waals surface area contributed by atoms with Crippen LogP contribution in [-0.2, 0) is 0 Å². The third-order valence-corrected chi connectivity index (χ3v) is 3.24. The van der Waals surface area contributed by atoms with Gasteiger partial charge in [-0.2, -0.15) is 0 Å². The number of hydrogen-bond acceptors (Lipinski definition) is 1. The summed E-state index contributed by atoms with van der Waals surface area (Å²) in [5.74, 6) is 0.327. The monoisotopic (exact) mass is 226 g/mol. The molecule has 0 bridgehead atoms. The van der Waals surface area contributed by atoms with Gasteiger partial charge >= 0.3 is 0 Å². The molecule has 1 aromatic carbocycles. The van der Waals surface area contributed by atoms with Crippen molar-refractivity contribution >= 4 is 22.7 Å². The average Bonchev–Trinajstić information content (AvgIpc) is 2.33. The Morgan fingerprint density at radius 3 is 2.69 bits per heavy atom. The minimum absolute atomic E-state index is 0.327. The summed E-state index contributed by atoms with van der Waals surface area (Å²) in [7, 11) is 0. The molecule has 0 spiro atoms. The first kappa shape index (κ1) is 11.0. The van der Waals surface area contributed by atoms with Gasteiger partial charge < -0.3 is 0 Å². The first-order chi connectivity index (χ1) is 7.83. The molecule has 0 heterocycles. The van der Waals surface area contributed by atoms with Crippen LogP contribution in [-0.4, -0.2) is 4.86 Å². The van der Waals surface area contributed by atoms with Gasteiger partial charge in [0.25, 0.3) is 0 Å². The Kier molecular flexibility index (Phi) is 3.47. The van der Waals surface area contributed by atoms with E-state index >= 15 is 0 Å². The van der Waals surface area contributed by atoms with Crippen molar-refractivity contribution < 1.29 is 0 Å². The van der Waals surface area contributed by atoms with Gasteiger partial charge in [0, 0.05) is 10.8 Å². The maximum atomic E-state index is 5.53. The Bertz CT molecular complexity index is 452. The van der Waals surface area contributed by atoms with Gasteiger partial charge in [0.1, 0.15) is 0 Å². The van der Waals surface area contributed by atoms with Crippen LogP contribution in [0, 0.1) is 5.92 Å². The van der Waals surface area contributed by atoms with Crippen LogP contribution in [0.25, 0.3) is 5.57 Å². The van der Waals surface area contributed by atoms with E-state index in [9.17, 15) is 0 Å². The van der Waals surface area contributed by atoms with Gasteiger partial charge in [-0.15, -0.1) is 6.58 Å². The number of benzene rings is 1. The zero-order chi connectivity index (χ0) is 11.4. The van der Waals surface area contributed by atoms with E-state index in [0.29, 0.717) is 5.92 Å². The lowest BCUT2D eigenvalue weighted by Gasteiger charge is -2.19. The van der Waals surface area contributed by atoms with E-state index in [-0.39, 0.29) is 0 Å². The summed E-state index contributed by atoms with van der Waals surface area (Å²) >= 11 is 5.53. The predicted molar refractivity (Wildman–Crippen MR) is 74.5 cm³/mol. The molecule has 0 nitrogen and oxygen atoms in total. The molecule has 0 radical (unpaired) electrons. The SMILES string of the molecule is C=CCC1C=CC=C(c2ccccc2)C1=S. The summed E-state index contributed by atoms with van der Waals surface area (Å²) in [6.45, 7) is 3.77. The minimum atomic E-state index is 0.327. The second kappa shape index (κ2) is 5.04. The van der Waals surface area contributed by atoms with E-state index in [1.165, 1.54) is 11.1 Å². The fourth-order valence-electron chi connectivity index (χ4n) is 1.88. The lowest BCUT2D eigenvalue weighted by atomic mass is 9.88. The van der Waals surface area contributed by atoms with Crippen molar-refractivity contribution in [2.24, 2.45) is 5.92 Å². The van der Waals surface area contributed by atoms with Crippen LogP contribution in [0.5, 0.6) is 0 Å². The molecule has 0 N–H and O–H groups in total. The molecule has 0 fully saturated rings. The Morgan fingerprint density at radius 2 is 2.00 bits per heavy atom. The quantitative estimate of drug-likeness (QED) is 0.550. The second-order valence-corrected chi connectivity index (χ2v) is 4.27. The van der Waals surface area contributed by atoms with Crippen LogP contribution < -0.4 is 0 Å². The lowest BCUT2D eigenvalue weighted by molar-refractivity contribution is 0.898. The van der Waals surface area contributed by atoms with Crippen LogP contribution in [0.1, 0.15) is 12.0 Å². The highest BCUT2D eigenvalue weighted by atomic mass is 32.1. The van der Waals surface area contributed by atoms with Gasteiger partial charge in [-0.25, -0.2) is 0 Å². The Labute approximate surface area is 102 Å². The van der Waals surface area contributed by atoms with E-state index in [4.69, 9.17) is 12.2 Å². The fourth-order valence-corrected chi connectivity index (χ4v) is 2.24. The minimum Gasteiger partial charge on any atom is -0.103 e. The van der Waals surface area contributed by atoms with E-state index < -0.39 is 0 Å². The molecule has 1 aliphatic carbocycles. The van der Waals surface area contributed by atoms with Crippen molar-refractivity contribution in [3.05, 3.63) is 66.8 Å². The van der Waals surface area contributed by atoms with Gasteiger partial charge in [-0.05, 0) is 17.6 Å². The highest BCUT2D eigenvalue weighted by molar-refractivity contribution is 7.81. The maximum Gasteiger partial charge on any atom is 0.0302 e. The highest BCUT2D eigenvalue weighted by Gasteiger charge is 2.17. The number of hydrogen-bond donors (Lipinski definition) is 0. The summed E-state index contributed by atoms with van der Waals surface area (Å²) in [6.07, 6.45) is 9.18. The van der Waals surface area contributed by atoms with Crippen molar-refractivity contribution in [3.63, 3.8) is 0 Å². The summed E-state index contributed by atoms with van der Waals surface area (Å²) in [5, 5.41) is 0. The molecule has 16 heavy (non-hydrogen) atoms. The summed E-state index contributed by atoms with van der Waals surface area (Å²) in [5.41, 5.74) is 2.37. The molecule has 0 amide bonds. The molecule has 0 saturated heterocycles. The van der Waals surface area contributed by atoms with Crippen LogP contribution in [0.15, 0.2) is 61.2 Å². The predicted octanol–water partition coefficient (Wildman–Crippen LogP) is 4.20. The molecule has 80 valence electrons. The van der Waals surface area contributed by atoms with E-state index in [1.807, 2.05) is 24.3 Å². The molecule has 1 unspecified atom stereocenters. The normalized spacial score (nSPS) is 19.4. The largest absolute Gasteiger partial charge is 0.103 e. The van der Waals surface area contributed by atoms with E-state index in [0.717, 1.165) is 11.3 Å². The zero-order valence-corrected chi connectivity index (χ0v) is 9.91. The van der Waals surface area contributed by atoms with Gasteiger partial charge in [0.05, 0.1) is 0 Å². The van der Waals surface area contributed by atoms with Crippen LogP contribution >= 0.6 is 12.2 Å². The number of allylic oxidation sites excluding steroid dienone is 5. The van der Waals surface area contributed by atoms with Crippen LogP contribution in [0.4, 0.5) is 0 Å². The van der Waals surface area contributed by atoms with Gasteiger partial charge in [-0.1, -0.05) is 66.9 Å². The molecule has 1 heteroatoms. The molecular weight excluding hydrogens is 212 g/mol. The summed E-state index contributed by atoms with van der Waals surface area (Å²) in [4.78, 5) is 1.02. The first-order valence-electron chi connectivity index (χ1n) is 5.42. The molecule has 0 aliphatic heterocycles. The lowest BCUT2D eigenvalue weighted by Crippen LogP contribution is -2.13. The third kappa shape index (κ3) is 2.20. The standard InChI is InChI=1S/C15H14S/c1-2-7-13-10-6-11-14(15(13)16)12-8-4-3-5-9-12/h2-6,8-11,13H,1,7H2. The molecular formula is C15H14S. The summed E-state index contributed by atoms with van der Waals surface area (Å²) < 4.78 is 0. The van der Waals surface area contributed by atoms with E-state index in [1.54, 1.807) is 0 Å². The molecule has 1 atom stereocenters. The van der Waals surface area contributed by atoms with Crippen molar-refractivity contribution in [1.82, 2.24) is 0 Å². The van der Waals surface area contributed by atoms with Crippen molar-refractivity contribution in [2.45, 2.75) is 6.42 Å². The van der Waals surface area contributed by atoms with Crippen molar-refractivity contribution in [2.75, 3.05) is 0 Å². The first-order valence-corrected chi connectivity index (χ1v) is 5.83. The average molecular weight is 226 g/mol. The van der Waals surface area contributed by atoms with Crippen molar-refractivity contribution in [1.29, 1.82) is 0 Å². The Morgan fingerprint density at radius 1 is 1.25 bits per heavy atom. The third-order valence-electron chi connectivity index (χ3n) is 2.71. The Hall–Kier alpha value is -1.47. The zero-order valence-electron chi connectivity index (χ0n) is 9.10. The number of thiocarbonyl (C=S) groups is 1. The van der Waals surface area contributed by atoms with Crippen LogP contribution in [0.3, 0.4) is 0 Å². The summed E-state index contributed by atoms with van der Waals surface area (Å²) in [6, 6.07) is 10.3. The number of rotatable bonds is 3. The van der Waals surface area contributed by atoms with Crippen LogP contribution in [0.2, 0.25) is 0 Å². The molecule has 0 saturated carbocycles.